The van der Waals surface area contributed by atoms with E-state index >= 15 is 0 Å². The van der Waals surface area contributed by atoms with Crippen molar-refractivity contribution in [3.63, 3.8) is 0 Å². The number of hydrogen-bond acceptors (Lipinski definition) is 2. The third kappa shape index (κ3) is 2.74. The van der Waals surface area contributed by atoms with Crippen molar-refractivity contribution in [1.82, 2.24) is 4.72 Å². The average molecular weight is 301 g/mol. The Labute approximate surface area is 126 Å². The molecule has 3 nitrogen and oxygen atoms in total. The van der Waals surface area contributed by atoms with E-state index in [1.54, 1.807) is 6.07 Å². The van der Waals surface area contributed by atoms with Gasteiger partial charge in [-0.3, -0.25) is 0 Å². The van der Waals surface area contributed by atoms with Crippen LogP contribution in [-0.4, -0.2) is 8.42 Å². The Morgan fingerprint density at radius 1 is 1.00 bits per heavy atom. The van der Waals surface area contributed by atoms with E-state index in [0.717, 1.165) is 29.5 Å². The quantitative estimate of drug-likeness (QED) is 0.942. The third-order valence-electron chi connectivity index (χ3n) is 4.03. The molecule has 110 valence electrons. The zero-order valence-electron chi connectivity index (χ0n) is 12.3. The maximum Gasteiger partial charge on any atom is 0.241 e. The number of sulfonamides is 1. The molecule has 0 unspecified atom stereocenters. The average Bonchev–Trinajstić information content (AvgIpc) is 3.19. The molecule has 1 aliphatic carbocycles. The summed E-state index contributed by atoms with van der Waals surface area (Å²) in [4.78, 5) is 0.371. The topological polar surface area (TPSA) is 46.2 Å². The van der Waals surface area contributed by atoms with Gasteiger partial charge in [-0.2, -0.15) is 0 Å². The van der Waals surface area contributed by atoms with Gasteiger partial charge in [-0.25, -0.2) is 13.1 Å². The molecule has 1 aliphatic rings. The molecule has 0 radical (unpaired) electrons. The monoisotopic (exact) mass is 301 g/mol. The second-order valence-electron chi connectivity index (χ2n) is 5.82. The van der Waals surface area contributed by atoms with Crippen molar-refractivity contribution in [2.45, 2.75) is 37.1 Å². The minimum atomic E-state index is -3.50. The minimum absolute atomic E-state index is 0.371. The number of hydrogen-bond donors (Lipinski definition) is 1. The van der Waals surface area contributed by atoms with E-state index < -0.39 is 15.6 Å². The largest absolute Gasteiger partial charge is 0.241 e. The van der Waals surface area contributed by atoms with Crippen LogP contribution in [0.1, 0.15) is 29.5 Å². The normalized spacial score (nSPS) is 16.7. The van der Waals surface area contributed by atoms with E-state index in [2.05, 4.69) is 4.72 Å². The van der Waals surface area contributed by atoms with Crippen LogP contribution in [0.3, 0.4) is 0 Å². The Morgan fingerprint density at radius 2 is 1.67 bits per heavy atom. The molecule has 0 aromatic heterocycles. The molecule has 2 aromatic carbocycles. The van der Waals surface area contributed by atoms with E-state index in [-0.39, 0.29) is 0 Å². The fourth-order valence-corrected chi connectivity index (χ4v) is 4.42. The van der Waals surface area contributed by atoms with E-state index in [1.165, 1.54) is 0 Å². The minimum Gasteiger partial charge on any atom is -0.207 e. The first kappa shape index (κ1) is 14.3. The van der Waals surface area contributed by atoms with Crippen LogP contribution >= 0.6 is 0 Å². The number of aryl methyl sites for hydroxylation is 2. The van der Waals surface area contributed by atoms with Gasteiger partial charge >= 0.3 is 0 Å². The van der Waals surface area contributed by atoms with Crippen LogP contribution in [0.4, 0.5) is 0 Å². The number of benzene rings is 2. The van der Waals surface area contributed by atoms with Crippen molar-refractivity contribution in [1.29, 1.82) is 0 Å². The molecule has 0 amide bonds. The van der Waals surface area contributed by atoms with Gasteiger partial charge in [0.1, 0.15) is 0 Å². The van der Waals surface area contributed by atoms with Gasteiger partial charge in [-0.05, 0) is 43.9 Å². The zero-order valence-corrected chi connectivity index (χ0v) is 13.1. The van der Waals surface area contributed by atoms with Gasteiger partial charge in [-0.15, -0.1) is 0 Å². The lowest BCUT2D eigenvalue weighted by Crippen LogP contribution is -2.35. The standard InChI is InChI=1S/C17H19NO2S/c1-13-8-9-16(14(2)12-13)21(19,20)18-17(10-11-17)15-6-4-3-5-7-15/h3-9,12,18H,10-11H2,1-2H3. The lowest BCUT2D eigenvalue weighted by molar-refractivity contribution is 0.551. The van der Waals surface area contributed by atoms with Crippen LogP contribution in [-0.2, 0) is 15.6 Å². The Hall–Kier alpha value is -1.65. The van der Waals surface area contributed by atoms with Crippen molar-refractivity contribution in [3.8, 4) is 0 Å². The highest BCUT2D eigenvalue weighted by molar-refractivity contribution is 7.89. The first-order valence-corrected chi connectivity index (χ1v) is 8.58. The summed E-state index contributed by atoms with van der Waals surface area (Å²) in [5.41, 5.74) is 2.47. The molecular formula is C17H19NO2S. The van der Waals surface area contributed by atoms with Gasteiger partial charge in [0.15, 0.2) is 0 Å². The van der Waals surface area contributed by atoms with Gasteiger partial charge in [-0.1, -0.05) is 48.0 Å². The highest BCUT2D eigenvalue weighted by atomic mass is 32.2. The van der Waals surface area contributed by atoms with Gasteiger partial charge in [0.05, 0.1) is 10.4 Å². The summed E-state index contributed by atoms with van der Waals surface area (Å²) >= 11 is 0. The van der Waals surface area contributed by atoms with Gasteiger partial charge in [0.25, 0.3) is 0 Å². The Balaban J connectivity index is 1.94. The van der Waals surface area contributed by atoms with Crippen molar-refractivity contribution < 1.29 is 8.42 Å². The predicted octanol–water partition coefficient (Wildman–Crippen LogP) is 3.27. The Kier molecular flexibility index (Phi) is 3.38. The van der Waals surface area contributed by atoms with Crippen LogP contribution < -0.4 is 4.72 Å². The molecule has 1 saturated carbocycles. The molecule has 21 heavy (non-hydrogen) atoms. The summed E-state index contributed by atoms with van der Waals surface area (Å²) < 4.78 is 28.3. The van der Waals surface area contributed by atoms with Crippen molar-refractivity contribution in [3.05, 3.63) is 65.2 Å². The van der Waals surface area contributed by atoms with Crippen LogP contribution in [0.5, 0.6) is 0 Å². The molecule has 1 fully saturated rings. The fraction of sp³-hybridized carbons (Fsp3) is 0.294. The molecule has 0 atom stereocenters. The zero-order chi connectivity index (χ0) is 15.1. The lowest BCUT2D eigenvalue weighted by atomic mass is 10.1. The second-order valence-corrected chi connectivity index (χ2v) is 7.47. The summed E-state index contributed by atoms with van der Waals surface area (Å²) in [5, 5.41) is 0. The van der Waals surface area contributed by atoms with E-state index in [1.807, 2.05) is 56.3 Å². The van der Waals surface area contributed by atoms with Crippen LogP contribution in [0, 0.1) is 13.8 Å². The summed E-state index contributed by atoms with van der Waals surface area (Å²) in [6, 6.07) is 15.2. The Bertz CT molecular complexity index is 763. The van der Waals surface area contributed by atoms with Crippen LogP contribution in [0.25, 0.3) is 0 Å². The molecule has 0 aliphatic heterocycles. The van der Waals surface area contributed by atoms with E-state index in [4.69, 9.17) is 0 Å². The maximum atomic E-state index is 12.7. The first-order chi connectivity index (χ1) is 9.93. The molecule has 0 heterocycles. The summed E-state index contributed by atoms with van der Waals surface area (Å²) in [7, 11) is -3.50. The van der Waals surface area contributed by atoms with Crippen molar-refractivity contribution >= 4 is 10.0 Å². The maximum absolute atomic E-state index is 12.7. The smallest absolute Gasteiger partial charge is 0.207 e. The fourth-order valence-electron chi connectivity index (χ4n) is 2.74. The van der Waals surface area contributed by atoms with Gasteiger partial charge in [0.2, 0.25) is 10.0 Å². The molecule has 0 bridgehead atoms. The highest BCUT2D eigenvalue weighted by Crippen LogP contribution is 2.46. The van der Waals surface area contributed by atoms with E-state index in [9.17, 15) is 8.42 Å². The van der Waals surface area contributed by atoms with E-state index in [0.29, 0.717) is 4.90 Å². The molecule has 4 heteroatoms. The summed E-state index contributed by atoms with van der Waals surface area (Å²) in [6.45, 7) is 3.80. The molecule has 0 spiro atoms. The SMILES string of the molecule is Cc1ccc(S(=O)(=O)NC2(c3ccccc3)CC2)c(C)c1. The summed E-state index contributed by atoms with van der Waals surface area (Å²) in [6.07, 6.45) is 1.70. The Morgan fingerprint density at radius 3 is 2.24 bits per heavy atom. The van der Waals surface area contributed by atoms with Crippen molar-refractivity contribution in [2.75, 3.05) is 0 Å². The lowest BCUT2D eigenvalue weighted by Gasteiger charge is -2.19. The third-order valence-corrected chi connectivity index (χ3v) is 5.72. The molecule has 3 rings (SSSR count). The molecule has 2 aromatic rings. The van der Waals surface area contributed by atoms with Crippen LogP contribution in [0.2, 0.25) is 0 Å². The second kappa shape index (κ2) is 4.97. The number of rotatable bonds is 4. The van der Waals surface area contributed by atoms with Gasteiger partial charge in [0, 0.05) is 0 Å². The molecular weight excluding hydrogens is 282 g/mol. The van der Waals surface area contributed by atoms with Crippen molar-refractivity contribution in [2.24, 2.45) is 0 Å². The molecule has 1 N–H and O–H groups in total. The first-order valence-electron chi connectivity index (χ1n) is 7.10. The van der Waals surface area contributed by atoms with Crippen LogP contribution in [0.15, 0.2) is 53.4 Å². The number of nitrogens with one attached hydrogen (secondary N) is 1. The molecule has 0 saturated heterocycles. The van der Waals surface area contributed by atoms with Gasteiger partial charge < -0.3 is 0 Å². The highest BCUT2D eigenvalue weighted by Gasteiger charge is 2.47. The predicted molar refractivity (Wildman–Crippen MR) is 83.6 cm³/mol. The summed E-state index contributed by atoms with van der Waals surface area (Å²) in [5.74, 6) is 0.